The first-order valence-electron chi connectivity index (χ1n) is 4.61. The van der Waals surface area contributed by atoms with E-state index in [9.17, 15) is 0 Å². The Morgan fingerprint density at radius 2 is 1.85 bits per heavy atom. The molecule has 1 aromatic rings. The Bertz CT molecular complexity index is 252. The number of nitrogens with zero attached hydrogens (tertiary/aromatic N) is 3. The zero-order valence-corrected chi connectivity index (χ0v) is 7.56. The second kappa shape index (κ2) is 3.83. The van der Waals surface area contributed by atoms with E-state index in [1.54, 1.807) is 6.33 Å². The lowest BCUT2D eigenvalue weighted by Crippen LogP contribution is -2.27. The summed E-state index contributed by atoms with van der Waals surface area (Å²) in [5.41, 5.74) is 1.25. The predicted molar refractivity (Wildman–Crippen MR) is 49.9 cm³/mol. The molecule has 0 atom stereocenters. The average Bonchev–Trinajstić information content (AvgIpc) is 2.20. The molecular formula is C10H13N3. The highest BCUT2D eigenvalue weighted by Gasteiger charge is 2.18. The molecule has 1 saturated heterocycles. The van der Waals surface area contributed by atoms with Gasteiger partial charge >= 0.3 is 0 Å². The Kier molecular flexibility index (Phi) is 2.54. The fourth-order valence-electron chi connectivity index (χ4n) is 1.75. The van der Waals surface area contributed by atoms with Gasteiger partial charge in [0.15, 0.2) is 0 Å². The molecule has 1 aliphatic heterocycles. The Balaban J connectivity index is 2.03. The van der Waals surface area contributed by atoms with Gasteiger partial charge in [-0.3, -0.25) is 4.90 Å². The summed E-state index contributed by atoms with van der Waals surface area (Å²) in [4.78, 5) is 9.92. The molecule has 2 radical (unpaired) electrons. The summed E-state index contributed by atoms with van der Waals surface area (Å²) in [7, 11) is 5.68. The van der Waals surface area contributed by atoms with Crippen molar-refractivity contribution in [3.8, 4) is 0 Å². The van der Waals surface area contributed by atoms with Crippen LogP contribution in [-0.2, 0) is 0 Å². The second-order valence-electron chi connectivity index (χ2n) is 3.48. The van der Waals surface area contributed by atoms with Crippen molar-refractivity contribution in [2.75, 3.05) is 13.1 Å². The Morgan fingerprint density at radius 1 is 1.23 bits per heavy atom. The highest BCUT2D eigenvalue weighted by atomic mass is 15.1. The van der Waals surface area contributed by atoms with Gasteiger partial charge in [-0.05, 0) is 37.4 Å². The zero-order chi connectivity index (χ0) is 9.10. The largest absolute Gasteiger partial charge is 0.297 e. The standard InChI is InChI=1S/C10H13N3/c1-13-4-2-9(3-5-13)10-6-11-8-12-7-10/h1,6-9H,2-5H2. The summed E-state index contributed by atoms with van der Waals surface area (Å²) in [6.45, 7) is 1.94. The molecule has 1 aliphatic rings. The van der Waals surface area contributed by atoms with Crippen molar-refractivity contribution in [2.24, 2.45) is 0 Å². The summed E-state index contributed by atoms with van der Waals surface area (Å²) < 4.78 is 0. The van der Waals surface area contributed by atoms with Gasteiger partial charge in [0.2, 0.25) is 0 Å². The number of likely N-dealkylation sites (tertiary alicyclic amines) is 1. The van der Waals surface area contributed by atoms with Gasteiger partial charge in [0, 0.05) is 19.4 Å². The van der Waals surface area contributed by atoms with Crippen LogP contribution in [0, 0.1) is 7.05 Å². The average molecular weight is 175 g/mol. The van der Waals surface area contributed by atoms with Crippen LogP contribution in [0.3, 0.4) is 0 Å². The Labute approximate surface area is 78.8 Å². The molecule has 0 bridgehead atoms. The van der Waals surface area contributed by atoms with Gasteiger partial charge in [0.1, 0.15) is 6.33 Å². The normalized spacial score (nSPS) is 20.4. The molecule has 0 amide bonds. The van der Waals surface area contributed by atoms with Crippen LogP contribution in [-0.4, -0.2) is 28.0 Å². The van der Waals surface area contributed by atoms with Gasteiger partial charge in [-0.25, -0.2) is 9.97 Å². The van der Waals surface area contributed by atoms with E-state index in [1.807, 2.05) is 17.3 Å². The van der Waals surface area contributed by atoms with Gasteiger partial charge in [0.05, 0.1) is 0 Å². The molecule has 0 unspecified atom stereocenters. The van der Waals surface area contributed by atoms with E-state index in [-0.39, 0.29) is 0 Å². The van der Waals surface area contributed by atoms with Gasteiger partial charge in [-0.15, -0.1) is 0 Å². The minimum atomic E-state index is 0.598. The molecule has 0 aliphatic carbocycles. The molecule has 3 nitrogen and oxygen atoms in total. The van der Waals surface area contributed by atoms with E-state index >= 15 is 0 Å². The predicted octanol–water partition coefficient (Wildman–Crippen LogP) is 1.32. The first kappa shape index (κ1) is 8.63. The third-order valence-electron chi connectivity index (χ3n) is 2.58. The van der Waals surface area contributed by atoms with Crippen LogP contribution in [0.15, 0.2) is 18.7 Å². The van der Waals surface area contributed by atoms with Crippen molar-refractivity contribution in [1.82, 2.24) is 14.9 Å². The second-order valence-corrected chi connectivity index (χ2v) is 3.48. The van der Waals surface area contributed by atoms with Crippen molar-refractivity contribution < 1.29 is 0 Å². The van der Waals surface area contributed by atoms with E-state index in [0.717, 1.165) is 25.9 Å². The molecule has 1 aromatic heterocycles. The van der Waals surface area contributed by atoms with E-state index in [4.69, 9.17) is 7.05 Å². The summed E-state index contributed by atoms with van der Waals surface area (Å²) in [6, 6.07) is 0. The van der Waals surface area contributed by atoms with Crippen LogP contribution in [0.1, 0.15) is 24.3 Å². The summed E-state index contributed by atoms with van der Waals surface area (Å²) in [6.07, 6.45) is 7.61. The van der Waals surface area contributed by atoms with Crippen LogP contribution in [0.25, 0.3) is 0 Å². The number of rotatable bonds is 1. The number of piperidine rings is 1. The summed E-state index contributed by atoms with van der Waals surface area (Å²) >= 11 is 0. The Morgan fingerprint density at radius 3 is 2.46 bits per heavy atom. The summed E-state index contributed by atoms with van der Waals surface area (Å²) in [5.74, 6) is 0.598. The molecule has 13 heavy (non-hydrogen) atoms. The quantitative estimate of drug-likeness (QED) is 0.644. The maximum absolute atomic E-state index is 5.68. The number of hydrogen-bond acceptors (Lipinski definition) is 3. The monoisotopic (exact) mass is 175 g/mol. The van der Waals surface area contributed by atoms with Crippen LogP contribution in [0.2, 0.25) is 0 Å². The topological polar surface area (TPSA) is 29.0 Å². The fourth-order valence-corrected chi connectivity index (χ4v) is 1.75. The molecule has 0 N–H and O–H groups in total. The molecule has 1 fully saturated rings. The van der Waals surface area contributed by atoms with Gasteiger partial charge in [-0.2, -0.15) is 0 Å². The van der Waals surface area contributed by atoms with E-state index in [1.165, 1.54) is 5.56 Å². The molecule has 2 heterocycles. The SMILES string of the molecule is [CH]N1CCC(c2cncnc2)CC1. The number of aromatic nitrogens is 2. The molecule has 0 saturated carbocycles. The lowest BCUT2D eigenvalue weighted by molar-refractivity contribution is 0.280. The Hall–Kier alpha value is -0.960. The highest BCUT2D eigenvalue weighted by molar-refractivity contribution is 5.11. The van der Waals surface area contributed by atoms with Gasteiger partial charge in [-0.1, -0.05) is 0 Å². The van der Waals surface area contributed by atoms with Crippen molar-refractivity contribution in [3.05, 3.63) is 31.3 Å². The molecule has 0 spiro atoms. The first-order chi connectivity index (χ1) is 6.36. The van der Waals surface area contributed by atoms with Crippen molar-refractivity contribution in [3.63, 3.8) is 0 Å². The lowest BCUT2D eigenvalue weighted by Gasteiger charge is -2.28. The fraction of sp³-hybridized carbons (Fsp3) is 0.500. The minimum Gasteiger partial charge on any atom is -0.297 e. The first-order valence-corrected chi connectivity index (χ1v) is 4.61. The van der Waals surface area contributed by atoms with Gasteiger partial charge in [0.25, 0.3) is 0 Å². The summed E-state index contributed by atoms with van der Waals surface area (Å²) in [5, 5.41) is 0. The van der Waals surface area contributed by atoms with Crippen molar-refractivity contribution >= 4 is 0 Å². The van der Waals surface area contributed by atoms with Gasteiger partial charge < -0.3 is 0 Å². The van der Waals surface area contributed by atoms with Crippen molar-refractivity contribution in [2.45, 2.75) is 18.8 Å². The van der Waals surface area contributed by atoms with Crippen LogP contribution in [0.5, 0.6) is 0 Å². The molecule has 68 valence electrons. The van der Waals surface area contributed by atoms with Crippen molar-refractivity contribution in [1.29, 1.82) is 0 Å². The van der Waals surface area contributed by atoms with E-state index in [0.29, 0.717) is 5.92 Å². The van der Waals surface area contributed by atoms with Crippen LogP contribution in [0.4, 0.5) is 0 Å². The third-order valence-corrected chi connectivity index (χ3v) is 2.58. The highest BCUT2D eigenvalue weighted by Crippen LogP contribution is 2.26. The number of hydrogen-bond donors (Lipinski definition) is 0. The van der Waals surface area contributed by atoms with E-state index < -0.39 is 0 Å². The molecule has 2 rings (SSSR count). The smallest absolute Gasteiger partial charge is 0.115 e. The molecular weight excluding hydrogens is 162 g/mol. The maximum Gasteiger partial charge on any atom is 0.115 e. The maximum atomic E-state index is 5.68. The van der Waals surface area contributed by atoms with E-state index in [2.05, 4.69) is 9.97 Å². The molecule has 0 aromatic carbocycles. The molecule has 3 heteroatoms. The minimum absolute atomic E-state index is 0.598. The lowest BCUT2D eigenvalue weighted by atomic mass is 9.92. The van der Waals surface area contributed by atoms with Crippen LogP contribution < -0.4 is 0 Å². The third kappa shape index (κ3) is 2.04. The zero-order valence-electron chi connectivity index (χ0n) is 7.56. The van der Waals surface area contributed by atoms with Crippen LogP contribution >= 0.6 is 0 Å².